The lowest BCUT2D eigenvalue weighted by atomic mass is 9.93. The Kier molecular flexibility index (Phi) is 8.83. The third-order valence-electron chi connectivity index (χ3n) is 13.1. The van der Waals surface area contributed by atoms with E-state index in [4.69, 9.17) is 30.4 Å². The van der Waals surface area contributed by atoms with Gasteiger partial charge in [0.15, 0.2) is 17.5 Å². The summed E-state index contributed by atoms with van der Waals surface area (Å²) in [4.78, 5) is 15.6. The number of benzene rings is 10. The SMILES string of the molecule is C=C(/C=C(\C=C(/C)c1cc2ccccc2c2c1oc1ccc3ccccc3c12)c1nc(-c2ccccc2)nc(-c2ccccc2)n1)c1cc2ccccc2c2c1oc1ccc3ccccc3c12. The second kappa shape index (κ2) is 15.4. The van der Waals surface area contributed by atoms with Crippen molar-refractivity contribution in [3.8, 4) is 22.8 Å². The van der Waals surface area contributed by atoms with E-state index in [9.17, 15) is 0 Å². The zero-order valence-electron chi connectivity index (χ0n) is 36.5. The molecule has 0 radical (unpaired) electrons. The summed E-state index contributed by atoms with van der Waals surface area (Å²) in [6, 6.07) is 67.2. The van der Waals surface area contributed by atoms with Gasteiger partial charge >= 0.3 is 0 Å². The molecular formula is C62H39N3O2. The summed E-state index contributed by atoms with van der Waals surface area (Å²) in [5.74, 6) is 1.65. The fourth-order valence-electron chi connectivity index (χ4n) is 9.99. The number of nitrogens with zero attached hydrogens (tertiary/aromatic N) is 3. The van der Waals surface area contributed by atoms with Gasteiger partial charge in [0.2, 0.25) is 0 Å². The van der Waals surface area contributed by atoms with E-state index in [2.05, 4.69) is 153 Å². The highest BCUT2D eigenvalue weighted by atomic mass is 16.3. The lowest BCUT2D eigenvalue weighted by Crippen LogP contribution is -2.03. The second-order valence-electron chi connectivity index (χ2n) is 17.2. The molecule has 0 aliphatic heterocycles. The Hall–Kier alpha value is -8.93. The van der Waals surface area contributed by atoms with Crippen molar-refractivity contribution in [1.29, 1.82) is 0 Å². The monoisotopic (exact) mass is 857 g/mol. The highest BCUT2D eigenvalue weighted by Gasteiger charge is 2.22. The molecule has 10 aromatic carbocycles. The molecule has 0 spiro atoms. The molecule has 0 amide bonds. The fourth-order valence-corrected chi connectivity index (χ4v) is 9.99. The van der Waals surface area contributed by atoms with Crippen LogP contribution in [-0.2, 0) is 0 Å². The summed E-state index contributed by atoms with van der Waals surface area (Å²) >= 11 is 0. The topological polar surface area (TPSA) is 65.0 Å². The Labute approximate surface area is 385 Å². The Balaban J connectivity index is 1.09. The number of hydrogen-bond donors (Lipinski definition) is 0. The van der Waals surface area contributed by atoms with Crippen molar-refractivity contribution in [3.63, 3.8) is 0 Å². The van der Waals surface area contributed by atoms with E-state index in [0.717, 1.165) is 121 Å². The van der Waals surface area contributed by atoms with Gasteiger partial charge in [-0.1, -0.05) is 176 Å². The van der Waals surface area contributed by atoms with Crippen LogP contribution >= 0.6 is 0 Å². The molecule has 0 unspecified atom stereocenters. The standard InChI is InChI=1S/C62H39N3O2/c1-37(50-35-43-23-11-15-27-48(43)56-54-46-25-13-9-17-39(46)29-31-52(54)66-58(50)56)33-45(62-64-60(41-19-5-3-6-20-41)63-61(65-62)42-21-7-4-8-22-42)34-38(2)51-36-44-24-12-16-28-49(44)57-55-47-26-14-10-18-40(47)30-32-53(55)67-59(51)57/h3-36H,1H2,2H3/b38-34+,45-33+. The van der Waals surface area contributed by atoms with Crippen molar-refractivity contribution in [2.45, 2.75) is 6.92 Å². The molecule has 3 heterocycles. The Bertz CT molecular complexity index is 4180. The van der Waals surface area contributed by atoms with Crippen LogP contribution in [0.2, 0.25) is 0 Å². The minimum absolute atomic E-state index is 0.508. The Morgan fingerprint density at radius 3 is 1.34 bits per heavy atom. The van der Waals surface area contributed by atoms with Gasteiger partial charge < -0.3 is 8.83 Å². The molecule has 5 heteroatoms. The van der Waals surface area contributed by atoms with Crippen LogP contribution < -0.4 is 0 Å². The van der Waals surface area contributed by atoms with E-state index in [1.54, 1.807) is 0 Å². The molecule has 67 heavy (non-hydrogen) atoms. The van der Waals surface area contributed by atoms with Gasteiger partial charge in [-0.2, -0.15) is 0 Å². The average Bonchev–Trinajstić information content (AvgIpc) is 3.99. The molecule has 0 aliphatic rings. The summed E-state index contributed by atoms with van der Waals surface area (Å²) < 4.78 is 13.8. The summed E-state index contributed by atoms with van der Waals surface area (Å²) in [7, 11) is 0. The van der Waals surface area contributed by atoms with E-state index >= 15 is 0 Å². The number of allylic oxidation sites excluding steroid dienone is 5. The lowest BCUT2D eigenvalue weighted by Gasteiger charge is -2.12. The Morgan fingerprint density at radius 1 is 0.418 bits per heavy atom. The van der Waals surface area contributed by atoms with Gasteiger partial charge in [0.25, 0.3) is 0 Å². The quantitative estimate of drug-likeness (QED) is 0.149. The molecule has 0 saturated carbocycles. The van der Waals surface area contributed by atoms with Crippen molar-refractivity contribution in [2.75, 3.05) is 0 Å². The van der Waals surface area contributed by atoms with Crippen LogP contribution in [0, 0.1) is 0 Å². The van der Waals surface area contributed by atoms with Gasteiger partial charge in [0.1, 0.15) is 22.3 Å². The zero-order chi connectivity index (χ0) is 44.6. The highest BCUT2D eigenvalue weighted by molar-refractivity contribution is 6.29. The predicted octanol–water partition coefficient (Wildman–Crippen LogP) is 16.8. The van der Waals surface area contributed by atoms with Crippen LogP contribution in [-0.4, -0.2) is 15.0 Å². The first-order chi connectivity index (χ1) is 33.0. The lowest BCUT2D eigenvalue weighted by molar-refractivity contribution is 0.668. The van der Waals surface area contributed by atoms with Crippen molar-refractivity contribution in [1.82, 2.24) is 15.0 Å². The minimum Gasteiger partial charge on any atom is -0.455 e. The molecule has 0 fully saturated rings. The smallest absolute Gasteiger partial charge is 0.164 e. The van der Waals surface area contributed by atoms with Gasteiger partial charge in [-0.3, -0.25) is 0 Å². The van der Waals surface area contributed by atoms with Gasteiger partial charge in [-0.25, -0.2) is 15.0 Å². The van der Waals surface area contributed by atoms with E-state index < -0.39 is 0 Å². The highest BCUT2D eigenvalue weighted by Crippen LogP contribution is 2.45. The van der Waals surface area contributed by atoms with Gasteiger partial charge in [0, 0.05) is 49.4 Å². The second-order valence-corrected chi connectivity index (χ2v) is 17.2. The van der Waals surface area contributed by atoms with Crippen LogP contribution in [0.15, 0.2) is 222 Å². The summed E-state index contributed by atoms with van der Waals surface area (Å²) in [5, 5.41) is 13.5. The minimum atomic E-state index is 0.508. The number of furan rings is 2. The maximum absolute atomic E-state index is 6.93. The summed E-state index contributed by atoms with van der Waals surface area (Å²) in [5.41, 5.74) is 9.40. The molecule has 13 aromatic rings. The molecule has 0 saturated heterocycles. The molecule has 0 N–H and O–H groups in total. The summed E-state index contributed by atoms with van der Waals surface area (Å²) in [6.07, 6.45) is 4.27. The number of hydrogen-bond acceptors (Lipinski definition) is 5. The fraction of sp³-hybridized carbons (Fsp3) is 0.0161. The Morgan fingerprint density at radius 2 is 0.836 bits per heavy atom. The van der Waals surface area contributed by atoms with Crippen LogP contribution in [0.3, 0.4) is 0 Å². The van der Waals surface area contributed by atoms with Gasteiger partial charge in [-0.05, 0) is 97.6 Å². The first-order valence-corrected chi connectivity index (χ1v) is 22.5. The van der Waals surface area contributed by atoms with E-state index in [0.29, 0.717) is 17.5 Å². The third-order valence-corrected chi connectivity index (χ3v) is 13.1. The first kappa shape index (κ1) is 38.5. The van der Waals surface area contributed by atoms with Crippen LogP contribution in [0.25, 0.3) is 126 Å². The van der Waals surface area contributed by atoms with Crippen LogP contribution in [0.1, 0.15) is 23.9 Å². The zero-order valence-corrected chi connectivity index (χ0v) is 36.5. The van der Waals surface area contributed by atoms with Crippen molar-refractivity contribution < 1.29 is 8.83 Å². The molecule has 0 atom stereocenters. The number of fused-ring (bicyclic) bond motifs is 14. The van der Waals surface area contributed by atoms with Crippen LogP contribution in [0.4, 0.5) is 0 Å². The molecule has 314 valence electrons. The van der Waals surface area contributed by atoms with Crippen molar-refractivity contribution in [3.05, 3.63) is 230 Å². The van der Waals surface area contributed by atoms with E-state index in [1.807, 2.05) is 60.7 Å². The van der Waals surface area contributed by atoms with Gasteiger partial charge in [0.05, 0.1) is 0 Å². The predicted molar refractivity (Wildman–Crippen MR) is 279 cm³/mol. The normalized spacial score (nSPS) is 12.5. The van der Waals surface area contributed by atoms with Crippen LogP contribution in [0.5, 0.6) is 0 Å². The average molecular weight is 858 g/mol. The maximum Gasteiger partial charge on any atom is 0.164 e. The molecule has 13 rings (SSSR count). The number of rotatable bonds is 7. The maximum atomic E-state index is 6.93. The van der Waals surface area contributed by atoms with Crippen molar-refractivity contribution >= 4 is 104 Å². The molecule has 5 nitrogen and oxygen atoms in total. The third kappa shape index (κ3) is 6.35. The first-order valence-electron chi connectivity index (χ1n) is 22.5. The van der Waals surface area contributed by atoms with E-state index in [-0.39, 0.29) is 0 Å². The number of aromatic nitrogens is 3. The molecule has 0 aliphatic carbocycles. The van der Waals surface area contributed by atoms with Crippen molar-refractivity contribution in [2.24, 2.45) is 0 Å². The summed E-state index contributed by atoms with van der Waals surface area (Å²) in [6.45, 7) is 6.95. The van der Waals surface area contributed by atoms with Gasteiger partial charge in [-0.15, -0.1) is 0 Å². The molecule has 0 bridgehead atoms. The molecular weight excluding hydrogens is 819 g/mol. The molecule has 3 aromatic heterocycles. The largest absolute Gasteiger partial charge is 0.455 e. The van der Waals surface area contributed by atoms with E-state index in [1.165, 1.54) is 5.39 Å².